The van der Waals surface area contributed by atoms with Crippen LogP contribution in [-0.2, 0) is 6.61 Å². The van der Waals surface area contributed by atoms with Gasteiger partial charge in [-0.05, 0) is 37.1 Å². The second kappa shape index (κ2) is 6.91. The number of pyridine rings is 1. The predicted molar refractivity (Wildman–Crippen MR) is 77.2 cm³/mol. The number of aliphatic hydroxyl groups excluding tert-OH is 1. The van der Waals surface area contributed by atoms with Crippen LogP contribution in [0.25, 0.3) is 0 Å². The van der Waals surface area contributed by atoms with E-state index in [4.69, 9.17) is 9.47 Å². The number of aliphatic hydroxyl groups is 1. The monoisotopic (exact) mass is 273 g/mol. The molecule has 1 aromatic heterocycles. The van der Waals surface area contributed by atoms with E-state index in [0.717, 1.165) is 17.7 Å². The highest BCUT2D eigenvalue weighted by Crippen LogP contribution is 2.31. The summed E-state index contributed by atoms with van der Waals surface area (Å²) in [5, 5.41) is 9.22. The minimum absolute atomic E-state index is 0.0340. The van der Waals surface area contributed by atoms with Crippen molar-refractivity contribution in [1.29, 1.82) is 0 Å². The Balaban J connectivity index is 2.23. The third-order valence-corrected chi connectivity index (χ3v) is 2.70. The Morgan fingerprint density at radius 2 is 1.90 bits per heavy atom. The molecule has 0 amide bonds. The van der Waals surface area contributed by atoms with Gasteiger partial charge in [-0.15, -0.1) is 0 Å². The maximum absolute atomic E-state index is 9.22. The number of para-hydroxylation sites is 2. The highest BCUT2D eigenvalue weighted by Gasteiger charge is 2.07. The lowest BCUT2D eigenvalue weighted by atomic mass is 10.2. The van der Waals surface area contributed by atoms with Gasteiger partial charge in [-0.2, -0.15) is 0 Å². The quantitative estimate of drug-likeness (QED) is 0.875. The van der Waals surface area contributed by atoms with Crippen LogP contribution in [0.1, 0.15) is 24.6 Å². The van der Waals surface area contributed by atoms with E-state index in [-0.39, 0.29) is 6.61 Å². The number of benzene rings is 1. The molecule has 0 spiro atoms. The van der Waals surface area contributed by atoms with Crippen molar-refractivity contribution in [3.05, 3.63) is 47.7 Å². The number of aryl methyl sites for hydroxylation is 1. The van der Waals surface area contributed by atoms with Crippen LogP contribution in [0.3, 0.4) is 0 Å². The lowest BCUT2D eigenvalue weighted by Gasteiger charge is -2.12. The van der Waals surface area contributed by atoms with Crippen molar-refractivity contribution in [1.82, 2.24) is 4.98 Å². The summed E-state index contributed by atoms with van der Waals surface area (Å²) in [5.41, 5.74) is 1.58. The van der Waals surface area contributed by atoms with E-state index in [1.165, 1.54) is 0 Å². The molecule has 0 saturated heterocycles. The van der Waals surface area contributed by atoms with Gasteiger partial charge in [0.15, 0.2) is 11.5 Å². The molecule has 1 heterocycles. The number of rotatable bonds is 6. The molecule has 0 unspecified atom stereocenters. The number of hydrogen-bond donors (Lipinski definition) is 1. The summed E-state index contributed by atoms with van der Waals surface area (Å²) in [6, 6.07) is 11.1. The molecular weight excluding hydrogens is 254 g/mol. The molecule has 0 aliphatic heterocycles. The highest BCUT2D eigenvalue weighted by atomic mass is 16.5. The van der Waals surface area contributed by atoms with Crippen LogP contribution in [0.15, 0.2) is 36.4 Å². The van der Waals surface area contributed by atoms with Crippen LogP contribution in [-0.4, -0.2) is 16.7 Å². The summed E-state index contributed by atoms with van der Waals surface area (Å²) in [7, 11) is 0. The third-order valence-electron chi connectivity index (χ3n) is 2.70. The zero-order valence-electron chi connectivity index (χ0n) is 11.8. The van der Waals surface area contributed by atoms with Crippen molar-refractivity contribution in [2.75, 3.05) is 6.61 Å². The van der Waals surface area contributed by atoms with Crippen molar-refractivity contribution in [3.63, 3.8) is 0 Å². The maximum Gasteiger partial charge on any atom is 0.219 e. The van der Waals surface area contributed by atoms with Crippen LogP contribution in [0.4, 0.5) is 0 Å². The topological polar surface area (TPSA) is 51.6 Å². The fourth-order valence-corrected chi connectivity index (χ4v) is 1.83. The summed E-state index contributed by atoms with van der Waals surface area (Å²) in [5.74, 6) is 1.78. The van der Waals surface area contributed by atoms with Gasteiger partial charge in [0, 0.05) is 11.8 Å². The largest absolute Gasteiger partial charge is 0.490 e. The Hall–Kier alpha value is -2.07. The zero-order valence-corrected chi connectivity index (χ0v) is 11.8. The molecule has 0 aliphatic carbocycles. The van der Waals surface area contributed by atoms with Gasteiger partial charge in [-0.25, -0.2) is 4.98 Å². The Kier molecular flexibility index (Phi) is 4.96. The summed E-state index contributed by atoms with van der Waals surface area (Å²) in [4.78, 5) is 4.31. The van der Waals surface area contributed by atoms with E-state index in [1.54, 1.807) is 6.07 Å². The summed E-state index contributed by atoms with van der Waals surface area (Å²) >= 11 is 0. The number of nitrogens with zero attached hydrogens (tertiary/aromatic N) is 1. The van der Waals surface area contributed by atoms with Crippen LogP contribution in [0, 0.1) is 6.92 Å². The Labute approximate surface area is 119 Å². The molecule has 0 aliphatic rings. The molecule has 2 rings (SSSR count). The van der Waals surface area contributed by atoms with Gasteiger partial charge >= 0.3 is 0 Å². The van der Waals surface area contributed by atoms with E-state index in [1.807, 2.05) is 37.3 Å². The van der Waals surface area contributed by atoms with Crippen molar-refractivity contribution in [2.45, 2.75) is 26.9 Å². The molecule has 4 heteroatoms. The molecule has 0 bridgehead atoms. The SMILES string of the molecule is CCCOc1ccccc1Oc1cc(CO)cc(C)n1. The fourth-order valence-electron chi connectivity index (χ4n) is 1.83. The predicted octanol–water partition coefficient (Wildman–Crippen LogP) is 3.46. The standard InChI is InChI=1S/C16H19NO3/c1-3-8-19-14-6-4-5-7-15(14)20-16-10-13(11-18)9-12(2)17-16/h4-7,9-10,18H,3,8,11H2,1-2H3. The van der Waals surface area contributed by atoms with Gasteiger partial charge in [0.2, 0.25) is 5.88 Å². The van der Waals surface area contributed by atoms with Gasteiger partial charge in [0.25, 0.3) is 0 Å². The molecule has 106 valence electrons. The van der Waals surface area contributed by atoms with Crippen molar-refractivity contribution in [2.24, 2.45) is 0 Å². The molecular formula is C16H19NO3. The van der Waals surface area contributed by atoms with E-state index in [9.17, 15) is 5.11 Å². The molecule has 0 radical (unpaired) electrons. The molecule has 0 saturated carbocycles. The molecule has 1 N–H and O–H groups in total. The molecule has 2 aromatic rings. The van der Waals surface area contributed by atoms with Crippen LogP contribution in [0.2, 0.25) is 0 Å². The third kappa shape index (κ3) is 3.71. The van der Waals surface area contributed by atoms with E-state index < -0.39 is 0 Å². The van der Waals surface area contributed by atoms with Crippen molar-refractivity contribution in [3.8, 4) is 17.4 Å². The van der Waals surface area contributed by atoms with Crippen LogP contribution < -0.4 is 9.47 Å². The fraction of sp³-hybridized carbons (Fsp3) is 0.312. The lowest BCUT2D eigenvalue weighted by Crippen LogP contribution is -1.99. The molecule has 4 nitrogen and oxygen atoms in total. The van der Waals surface area contributed by atoms with Crippen molar-refractivity contribution >= 4 is 0 Å². The summed E-state index contributed by atoms with van der Waals surface area (Å²) < 4.78 is 11.4. The van der Waals surface area contributed by atoms with E-state index in [2.05, 4.69) is 11.9 Å². The van der Waals surface area contributed by atoms with Crippen molar-refractivity contribution < 1.29 is 14.6 Å². The van der Waals surface area contributed by atoms with Crippen LogP contribution in [0.5, 0.6) is 17.4 Å². The summed E-state index contributed by atoms with van der Waals surface area (Å²) in [6.45, 7) is 4.53. The Bertz CT molecular complexity index is 569. The second-order valence-electron chi connectivity index (χ2n) is 4.51. The van der Waals surface area contributed by atoms with Crippen LogP contribution >= 0.6 is 0 Å². The molecule has 0 atom stereocenters. The first-order chi connectivity index (χ1) is 9.72. The smallest absolute Gasteiger partial charge is 0.219 e. The average molecular weight is 273 g/mol. The first-order valence-electron chi connectivity index (χ1n) is 6.71. The second-order valence-corrected chi connectivity index (χ2v) is 4.51. The highest BCUT2D eigenvalue weighted by molar-refractivity contribution is 5.42. The first kappa shape index (κ1) is 14.3. The van der Waals surface area contributed by atoms with Gasteiger partial charge < -0.3 is 14.6 Å². The van der Waals surface area contributed by atoms with Gasteiger partial charge in [0.1, 0.15) is 0 Å². The molecule has 1 aromatic carbocycles. The Morgan fingerprint density at radius 3 is 2.60 bits per heavy atom. The minimum atomic E-state index is -0.0340. The normalized spacial score (nSPS) is 10.3. The average Bonchev–Trinajstić information content (AvgIpc) is 2.45. The van der Waals surface area contributed by atoms with Gasteiger partial charge in [-0.3, -0.25) is 0 Å². The lowest BCUT2D eigenvalue weighted by molar-refractivity contribution is 0.280. The number of aromatic nitrogens is 1. The number of ether oxygens (including phenoxy) is 2. The minimum Gasteiger partial charge on any atom is -0.490 e. The maximum atomic E-state index is 9.22. The zero-order chi connectivity index (χ0) is 14.4. The van der Waals surface area contributed by atoms with Gasteiger partial charge in [0.05, 0.1) is 13.2 Å². The Morgan fingerprint density at radius 1 is 1.15 bits per heavy atom. The van der Waals surface area contributed by atoms with E-state index in [0.29, 0.717) is 24.0 Å². The first-order valence-corrected chi connectivity index (χ1v) is 6.71. The van der Waals surface area contributed by atoms with Gasteiger partial charge in [-0.1, -0.05) is 19.1 Å². The summed E-state index contributed by atoms with van der Waals surface area (Å²) in [6.07, 6.45) is 0.936. The number of hydrogen-bond acceptors (Lipinski definition) is 4. The van der Waals surface area contributed by atoms with E-state index >= 15 is 0 Å². The molecule has 0 fully saturated rings. The molecule has 20 heavy (non-hydrogen) atoms.